The van der Waals surface area contributed by atoms with Gasteiger partial charge in [-0.05, 0) is 19.1 Å². The summed E-state index contributed by atoms with van der Waals surface area (Å²) in [6, 6.07) is 2.40. The second kappa shape index (κ2) is 5.02. The highest BCUT2D eigenvalue weighted by Crippen LogP contribution is 2.32. The van der Waals surface area contributed by atoms with Gasteiger partial charge in [0, 0.05) is 12.5 Å². The molecule has 1 fully saturated rings. The molecule has 8 heteroatoms. The number of anilines is 1. The van der Waals surface area contributed by atoms with Crippen molar-refractivity contribution in [1.82, 2.24) is 4.98 Å². The smallest absolute Gasteiger partial charge is 0.313 e. The van der Waals surface area contributed by atoms with E-state index in [1.165, 1.54) is 18.3 Å². The van der Waals surface area contributed by atoms with Gasteiger partial charge in [0.2, 0.25) is 0 Å². The summed E-state index contributed by atoms with van der Waals surface area (Å²) < 4.78 is 28.6. The number of nitrogens with one attached hydrogen (secondary N) is 1. The number of carboxylic acid groups (broad SMARTS) is 1. The fourth-order valence-corrected chi connectivity index (χ4v) is 2.84. The molecule has 2 N–H and O–H groups in total. The van der Waals surface area contributed by atoms with Crippen LogP contribution in [0.15, 0.2) is 23.2 Å². The fourth-order valence-electron chi connectivity index (χ4n) is 2.05. The lowest BCUT2D eigenvalue weighted by Crippen LogP contribution is -2.43. The Bertz CT molecular complexity index is 630. The molecule has 1 saturated heterocycles. The molecule has 2 atom stereocenters. The fraction of sp³-hybridized carbons (Fsp3) is 0.500. The van der Waals surface area contributed by atoms with Gasteiger partial charge >= 0.3 is 5.97 Å². The number of carboxylic acids is 1. The summed E-state index contributed by atoms with van der Waals surface area (Å²) in [5, 5.41) is 12.2. The summed E-state index contributed by atoms with van der Waals surface area (Å²) in [4.78, 5) is 15.4. The minimum Gasteiger partial charge on any atom is -0.481 e. The SMILES string of the molecule is CC1(C(=O)O)COCC1Nc1ncccc1S(C)(=O)=O. The van der Waals surface area contributed by atoms with Gasteiger partial charge in [-0.2, -0.15) is 0 Å². The number of hydrogen-bond acceptors (Lipinski definition) is 6. The molecule has 1 aliphatic heterocycles. The van der Waals surface area contributed by atoms with E-state index >= 15 is 0 Å². The highest BCUT2D eigenvalue weighted by molar-refractivity contribution is 7.90. The summed E-state index contributed by atoms with van der Waals surface area (Å²) >= 11 is 0. The molecule has 0 bridgehead atoms. The number of rotatable bonds is 4. The van der Waals surface area contributed by atoms with Crippen molar-refractivity contribution in [1.29, 1.82) is 0 Å². The normalized spacial score (nSPS) is 26.4. The van der Waals surface area contributed by atoms with Crippen LogP contribution < -0.4 is 5.32 Å². The quantitative estimate of drug-likeness (QED) is 0.828. The largest absolute Gasteiger partial charge is 0.481 e. The van der Waals surface area contributed by atoms with Gasteiger partial charge < -0.3 is 15.2 Å². The van der Waals surface area contributed by atoms with Crippen molar-refractivity contribution >= 4 is 21.6 Å². The molecule has 110 valence electrons. The van der Waals surface area contributed by atoms with Crippen LogP contribution in [0.3, 0.4) is 0 Å². The van der Waals surface area contributed by atoms with Crippen molar-refractivity contribution in [3.8, 4) is 0 Å². The number of carbonyl (C=O) groups is 1. The van der Waals surface area contributed by atoms with Crippen molar-refractivity contribution in [2.45, 2.75) is 17.9 Å². The maximum Gasteiger partial charge on any atom is 0.313 e. The first kappa shape index (κ1) is 14.7. The van der Waals surface area contributed by atoms with Gasteiger partial charge in [-0.3, -0.25) is 4.79 Å². The summed E-state index contributed by atoms with van der Waals surface area (Å²) in [7, 11) is -3.45. The Balaban J connectivity index is 2.34. The Morgan fingerprint density at radius 2 is 2.30 bits per heavy atom. The van der Waals surface area contributed by atoms with Crippen LogP contribution in [0.2, 0.25) is 0 Å². The lowest BCUT2D eigenvalue weighted by atomic mass is 9.85. The Morgan fingerprint density at radius 3 is 2.90 bits per heavy atom. The Kier molecular flexibility index (Phi) is 3.70. The first-order chi connectivity index (χ1) is 9.25. The van der Waals surface area contributed by atoms with Crippen LogP contribution in [-0.4, -0.2) is 50.0 Å². The Hall–Kier alpha value is -1.67. The van der Waals surface area contributed by atoms with Gasteiger partial charge in [-0.25, -0.2) is 13.4 Å². The minimum atomic E-state index is -3.45. The zero-order valence-electron chi connectivity index (χ0n) is 11.2. The maximum atomic E-state index is 11.7. The van der Waals surface area contributed by atoms with Crippen molar-refractivity contribution < 1.29 is 23.1 Å². The van der Waals surface area contributed by atoms with E-state index in [0.29, 0.717) is 0 Å². The zero-order valence-corrected chi connectivity index (χ0v) is 12.0. The molecule has 0 spiro atoms. The molecule has 0 amide bonds. The molecule has 0 radical (unpaired) electrons. The van der Waals surface area contributed by atoms with Gasteiger partial charge in [0.1, 0.15) is 16.1 Å². The number of aromatic nitrogens is 1. The average Bonchev–Trinajstić information content (AvgIpc) is 2.72. The van der Waals surface area contributed by atoms with E-state index < -0.39 is 27.3 Å². The molecule has 1 aromatic rings. The third kappa shape index (κ3) is 2.61. The first-order valence-corrected chi connectivity index (χ1v) is 7.87. The first-order valence-electron chi connectivity index (χ1n) is 5.98. The van der Waals surface area contributed by atoms with Crippen LogP contribution >= 0.6 is 0 Å². The van der Waals surface area contributed by atoms with Crippen LogP contribution in [-0.2, 0) is 19.4 Å². The van der Waals surface area contributed by atoms with Crippen molar-refractivity contribution in [2.24, 2.45) is 5.41 Å². The van der Waals surface area contributed by atoms with E-state index in [2.05, 4.69) is 10.3 Å². The van der Waals surface area contributed by atoms with Gasteiger partial charge in [0.05, 0.1) is 19.3 Å². The third-order valence-electron chi connectivity index (χ3n) is 3.43. The van der Waals surface area contributed by atoms with E-state index in [-0.39, 0.29) is 23.9 Å². The molecule has 0 aliphatic carbocycles. The molecule has 2 heterocycles. The lowest BCUT2D eigenvalue weighted by molar-refractivity contribution is -0.148. The van der Waals surface area contributed by atoms with E-state index in [1.54, 1.807) is 6.92 Å². The minimum absolute atomic E-state index is 0.0413. The molecule has 1 aromatic heterocycles. The van der Waals surface area contributed by atoms with Gasteiger partial charge in [0.25, 0.3) is 0 Å². The molecule has 0 aromatic carbocycles. The van der Waals surface area contributed by atoms with E-state index in [4.69, 9.17) is 4.74 Å². The highest BCUT2D eigenvalue weighted by atomic mass is 32.2. The van der Waals surface area contributed by atoms with Crippen molar-refractivity contribution in [3.63, 3.8) is 0 Å². The molecule has 2 unspecified atom stereocenters. The molecule has 2 rings (SSSR count). The molecule has 20 heavy (non-hydrogen) atoms. The monoisotopic (exact) mass is 300 g/mol. The van der Waals surface area contributed by atoms with Gasteiger partial charge in [-0.1, -0.05) is 0 Å². The van der Waals surface area contributed by atoms with Crippen LogP contribution in [0, 0.1) is 5.41 Å². The van der Waals surface area contributed by atoms with Crippen LogP contribution in [0.1, 0.15) is 6.92 Å². The summed E-state index contributed by atoms with van der Waals surface area (Å²) in [6.07, 6.45) is 2.53. The summed E-state index contributed by atoms with van der Waals surface area (Å²) in [5.41, 5.74) is -1.12. The van der Waals surface area contributed by atoms with Crippen LogP contribution in [0.5, 0.6) is 0 Å². The van der Waals surface area contributed by atoms with E-state index in [0.717, 1.165) is 6.26 Å². The number of nitrogens with zero attached hydrogens (tertiary/aromatic N) is 1. The molecule has 1 aliphatic rings. The summed E-state index contributed by atoms with van der Waals surface area (Å²) in [6.45, 7) is 1.81. The Labute approximate surface area is 116 Å². The topological polar surface area (TPSA) is 106 Å². The number of aliphatic carboxylic acids is 1. The number of ether oxygens (including phenoxy) is 1. The van der Waals surface area contributed by atoms with Crippen molar-refractivity contribution in [2.75, 3.05) is 24.8 Å². The predicted molar refractivity (Wildman–Crippen MR) is 71.3 cm³/mol. The molecule has 0 saturated carbocycles. The van der Waals surface area contributed by atoms with E-state index in [1.807, 2.05) is 0 Å². The maximum absolute atomic E-state index is 11.7. The molecular formula is C12H16N2O5S. The standard InChI is InChI=1S/C12H16N2O5S/c1-12(11(15)16)7-19-6-9(12)14-10-8(20(2,17)18)4-3-5-13-10/h3-5,9H,6-7H2,1-2H3,(H,13,14)(H,15,16). The zero-order chi connectivity index (χ0) is 15.0. The molecular weight excluding hydrogens is 284 g/mol. The third-order valence-corrected chi connectivity index (χ3v) is 4.55. The number of sulfone groups is 1. The van der Waals surface area contributed by atoms with Crippen LogP contribution in [0.4, 0.5) is 5.82 Å². The highest BCUT2D eigenvalue weighted by Gasteiger charge is 2.47. The lowest BCUT2D eigenvalue weighted by Gasteiger charge is -2.26. The van der Waals surface area contributed by atoms with Gasteiger partial charge in [0.15, 0.2) is 9.84 Å². The molecule has 7 nitrogen and oxygen atoms in total. The van der Waals surface area contributed by atoms with Crippen LogP contribution in [0.25, 0.3) is 0 Å². The van der Waals surface area contributed by atoms with Gasteiger partial charge in [-0.15, -0.1) is 0 Å². The number of pyridine rings is 1. The average molecular weight is 300 g/mol. The van der Waals surface area contributed by atoms with E-state index in [9.17, 15) is 18.3 Å². The van der Waals surface area contributed by atoms with Crippen molar-refractivity contribution in [3.05, 3.63) is 18.3 Å². The Morgan fingerprint density at radius 1 is 1.60 bits per heavy atom. The number of hydrogen-bond donors (Lipinski definition) is 2. The summed E-state index contributed by atoms with van der Waals surface area (Å²) in [5.74, 6) is -0.845. The predicted octanol–water partition coefficient (Wildman–Crippen LogP) is 0.387. The second-order valence-corrected chi connectivity index (χ2v) is 7.04. The second-order valence-electron chi connectivity index (χ2n) is 5.06.